The van der Waals surface area contributed by atoms with Crippen molar-refractivity contribution in [1.29, 1.82) is 0 Å². The zero-order valence-corrected chi connectivity index (χ0v) is 28.4. The van der Waals surface area contributed by atoms with E-state index >= 15 is 0 Å². The summed E-state index contributed by atoms with van der Waals surface area (Å²) in [6.07, 6.45) is -2.37. The predicted molar refractivity (Wildman–Crippen MR) is 165 cm³/mol. The van der Waals surface area contributed by atoms with Gasteiger partial charge in [0.1, 0.15) is 12.4 Å². The third-order valence-electron chi connectivity index (χ3n) is 7.84. The van der Waals surface area contributed by atoms with Gasteiger partial charge in [-0.1, -0.05) is 41.5 Å². The molecule has 1 aliphatic heterocycles. The summed E-state index contributed by atoms with van der Waals surface area (Å²) in [6.45, 7) is 17.1. The highest BCUT2D eigenvalue weighted by molar-refractivity contribution is 7.09. The second-order valence-corrected chi connectivity index (χ2v) is 19.4. The van der Waals surface area contributed by atoms with Crippen LogP contribution in [-0.2, 0) is 27.3 Å². The average molecular weight is 660 g/mol. The van der Waals surface area contributed by atoms with Crippen molar-refractivity contribution in [3.63, 3.8) is 0 Å². The number of rotatable bonds is 10. The van der Waals surface area contributed by atoms with Crippen LogP contribution >= 0.6 is 11.3 Å². The Balaban J connectivity index is 1.97. The molecule has 2 N–H and O–H groups in total. The van der Waals surface area contributed by atoms with Gasteiger partial charge in [-0.05, 0) is 54.6 Å². The summed E-state index contributed by atoms with van der Waals surface area (Å²) in [7, 11) is -2.25. The maximum Gasteiger partial charge on any atom is 0.416 e. The Hall–Kier alpha value is -2.68. The molecular formula is C30H44F3N3O6SSi. The SMILES string of the molecule is CC(C)(C)c1cn(C[C@@H]2CCCO2)/c(=N/C(=O)c2cc(C(F)(F)F)ccc2OC[C@H](CO[Si](C)(C)C(C)(C)C)NC(=O)O)s1. The first-order valence-corrected chi connectivity index (χ1v) is 18.3. The first kappa shape index (κ1) is 35.8. The van der Waals surface area contributed by atoms with Gasteiger partial charge in [-0.15, -0.1) is 11.3 Å². The summed E-state index contributed by atoms with van der Waals surface area (Å²) >= 11 is 1.29. The molecule has 1 fully saturated rings. The van der Waals surface area contributed by atoms with Gasteiger partial charge < -0.3 is 28.9 Å². The largest absolute Gasteiger partial charge is 0.491 e. The zero-order valence-electron chi connectivity index (χ0n) is 26.6. The van der Waals surface area contributed by atoms with E-state index in [1.165, 1.54) is 11.3 Å². The third kappa shape index (κ3) is 9.66. The fourth-order valence-electron chi connectivity index (χ4n) is 4.12. The molecule has 1 saturated heterocycles. The van der Waals surface area contributed by atoms with Crippen molar-refractivity contribution in [1.82, 2.24) is 9.88 Å². The van der Waals surface area contributed by atoms with Crippen LogP contribution in [0.25, 0.3) is 0 Å². The van der Waals surface area contributed by atoms with Crippen LogP contribution in [0, 0.1) is 0 Å². The van der Waals surface area contributed by atoms with E-state index in [0.29, 0.717) is 18.0 Å². The van der Waals surface area contributed by atoms with Gasteiger partial charge in [0, 0.05) is 17.7 Å². The van der Waals surface area contributed by atoms with E-state index < -0.39 is 38.1 Å². The normalized spacial score (nSPS) is 17.5. The van der Waals surface area contributed by atoms with E-state index in [2.05, 4.69) is 10.3 Å². The van der Waals surface area contributed by atoms with Crippen molar-refractivity contribution in [2.24, 2.45) is 4.99 Å². The number of benzene rings is 1. The molecule has 0 radical (unpaired) electrons. The number of thiazole rings is 1. The summed E-state index contributed by atoms with van der Waals surface area (Å²) in [6, 6.07) is 1.76. The van der Waals surface area contributed by atoms with Gasteiger partial charge in [0.05, 0.1) is 36.4 Å². The van der Waals surface area contributed by atoms with Crippen LogP contribution in [0.2, 0.25) is 18.1 Å². The number of hydrogen-bond donors (Lipinski definition) is 2. The van der Waals surface area contributed by atoms with Crippen molar-refractivity contribution in [3.8, 4) is 5.75 Å². The van der Waals surface area contributed by atoms with E-state index in [1.807, 2.05) is 65.4 Å². The third-order valence-corrected chi connectivity index (χ3v) is 13.8. The molecule has 2 atom stereocenters. The van der Waals surface area contributed by atoms with Crippen molar-refractivity contribution in [3.05, 3.63) is 45.2 Å². The first-order chi connectivity index (χ1) is 20.2. The van der Waals surface area contributed by atoms with Gasteiger partial charge in [0.25, 0.3) is 5.91 Å². The van der Waals surface area contributed by atoms with E-state index in [-0.39, 0.29) is 41.1 Å². The summed E-state index contributed by atoms with van der Waals surface area (Å²) in [5, 5.41) is 11.6. The molecule has 0 spiro atoms. The number of ether oxygens (including phenoxy) is 2. The van der Waals surface area contributed by atoms with Crippen molar-refractivity contribution >= 4 is 31.7 Å². The van der Waals surface area contributed by atoms with Crippen molar-refractivity contribution < 1.29 is 41.8 Å². The van der Waals surface area contributed by atoms with Crippen LogP contribution in [0.5, 0.6) is 5.75 Å². The molecule has 246 valence electrons. The highest BCUT2D eigenvalue weighted by Gasteiger charge is 2.38. The number of aromatic nitrogens is 1. The molecule has 1 aromatic carbocycles. The molecule has 1 aliphatic rings. The molecular weight excluding hydrogens is 615 g/mol. The first-order valence-electron chi connectivity index (χ1n) is 14.6. The molecule has 0 saturated carbocycles. The highest BCUT2D eigenvalue weighted by atomic mass is 32.1. The Bertz CT molecular complexity index is 1390. The number of nitrogens with one attached hydrogen (secondary N) is 1. The van der Waals surface area contributed by atoms with Crippen LogP contribution in [-0.4, -0.2) is 62.0 Å². The van der Waals surface area contributed by atoms with Gasteiger partial charge >= 0.3 is 12.3 Å². The molecule has 0 aliphatic carbocycles. The number of nitrogens with zero attached hydrogens (tertiary/aromatic N) is 2. The minimum atomic E-state index is -4.71. The fraction of sp³-hybridized carbons (Fsp3) is 0.633. The zero-order chi connectivity index (χ0) is 33.1. The molecule has 9 nitrogen and oxygen atoms in total. The number of hydrogen-bond acceptors (Lipinski definition) is 6. The van der Waals surface area contributed by atoms with Crippen LogP contribution < -0.4 is 14.9 Å². The number of carbonyl (C=O) groups is 2. The van der Waals surface area contributed by atoms with Crippen LogP contribution in [0.1, 0.15) is 75.2 Å². The van der Waals surface area contributed by atoms with E-state index in [4.69, 9.17) is 13.9 Å². The van der Waals surface area contributed by atoms with E-state index in [1.54, 1.807) is 0 Å². The number of carbonyl (C=O) groups excluding carboxylic acids is 1. The molecule has 14 heteroatoms. The topological polar surface area (TPSA) is 111 Å². The van der Waals surface area contributed by atoms with E-state index in [9.17, 15) is 27.9 Å². The predicted octanol–water partition coefficient (Wildman–Crippen LogP) is 6.82. The number of carboxylic acid groups (broad SMARTS) is 1. The molecule has 2 heterocycles. The maximum atomic E-state index is 13.7. The Morgan fingerprint density at radius 2 is 1.86 bits per heavy atom. The Morgan fingerprint density at radius 1 is 1.18 bits per heavy atom. The highest BCUT2D eigenvalue weighted by Crippen LogP contribution is 2.37. The maximum absolute atomic E-state index is 13.7. The Morgan fingerprint density at radius 3 is 2.41 bits per heavy atom. The van der Waals surface area contributed by atoms with E-state index in [0.717, 1.165) is 35.9 Å². The molecule has 2 aromatic rings. The second-order valence-electron chi connectivity index (χ2n) is 13.6. The lowest BCUT2D eigenvalue weighted by atomic mass is 9.95. The van der Waals surface area contributed by atoms with Gasteiger partial charge in [0.2, 0.25) is 0 Å². The lowest BCUT2D eigenvalue weighted by Gasteiger charge is -2.37. The van der Waals surface area contributed by atoms with Crippen LogP contribution in [0.3, 0.4) is 0 Å². The average Bonchev–Trinajstić information content (AvgIpc) is 3.54. The number of halogens is 3. The molecule has 0 bridgehead atoms. The van der Waals surface area contributed by atoms with Gasteiger partial charge in [-0.25, -0.2) is 4.79 Å². The summed E-state index contributed by atoms with van der Waals surface area (Å²) < 4.78 is 60.6. The second kappa shape index (κ2) is 13.8. The lowest BCUT2D eigenvalue weighted by molar-refractivity contribution is -0.137. The number of amides is 2. The van der Waals surface area contributed by atoms with Crippen molar-refractivity contribution in [2.75, 3.05) is 19.8 Å². The molecule has 3 rings (SSSR count). The fourth-order valence-corrected chi connectivity index (χ4v) is 6.23. The standard InChI is InChI=1S/C30H44F3N3O6SSi/c1-28(2,3)24-16-36(15-21-10-9-13-40-21)26(43-24)35-25(37)22-14-19(30(31,32)33)11-12-23(22)41-17-20(34-27(38)39)18-42-44(7,8)29(4,5)6/h11-12,14,16,20-21,34H,9-10,13,15,17-18H2,1-8H3,(H,38,39)/b35-26-/t20-,21+/m1/s1. The monoisotopic (exact) mass is 659 g/mol. The Labute approximate surface area is 261 Å². The lowest BCUT2D eigenvalue weighted by Crippen LogP contribution is -2.48. The molecule has 2 amide bonds. The summed E-state index contributed by atoms with van der Waals surface area (Å²) in [5.74, 6) is -1.05. The van der Waals surface area contributed by atoms with Gasteiger partial charge in [-0.3, -0.25) is 4.79 Å². The number of alkyl halides is 3. The summed E-state index contributed by atoms with van der Waals surface area (Å²) in [4.78, 5) is 30.6. The Kier molecular flexibility index (Phi) is 11.2. The molecule has 1 aromatic heterocycles. The van der Waals surface area contributed by atoms with Gasteiger partial charge in [-0.2, -0.15) is 18.2 Å². The minimum absolute atomic E-state index is 0.00883. The van der Waals surface area contributed by atoms with Crippen LogP contribution in [0.15, 0.2) is 29.4 Å². The molecule has 0 unspecified atom stereocenters. The smallest absolute Gasteiger partial charge is 0.416 e. The summed E-state index contributed by atoms with van der Waals surface area (Å²) in [5.41, 5.74) is -1.66. The minimum Gasteiger partial charge on any atom is -0.491 e. The quantitative estimate of drug-likeness (QED) is 0.271. The van der Waals surface area contributed by atoms with Gasteiger partial charge in [0.15, 0.2) is 13.1 Å². The van der Waals surface area contributed by atoms with Crippen LogP contribution in [0.4, 0.5) is 18.0 Å². The van der Waals surface area contributed by atoms with Crippen molar-refractivity contribution in [2.45, 2.75) is 103 Å². The molecule has 44 heavy (non-hydrogen) atoms.